The van der Waals surface area contributed by atoms with E-state index in [1.54, 1.807) is 30.3 Å². The Hall–Kier alpha value is -2.53. The first kappa shape index (κ1) is 13.5. The van der Waals surface area contributed by atoms with Crippen LogP contribution in [0.5, 0.6) is 5.75 Å². The van der Waals surface area contributed by atoms with E-state index < -0.39 is 0 Å². The van der Waals surface area contributed by atoms with Gasteiger partial charge >= 0.3 is 0 Å². The molecule has 1 amide bonds. The number of rotatable bonds is 2. The zero-order valence-electron chi connectivity index (χ0n) is 11.0. The molecule has 2 aromatic carbocycles. The zero-order valence-corrected chi connectivity index (χ0v) is 11.8. The lowest BCUT2D eigenvalue weighted by Crippen LogP contribution is -2.19. The number of para-hydroxylation sites is 1. The van der Waals surface area contributed by atoms with Crippen molar-refractivity contribution >= 4 is 34.6 Å². The molecule has 1 fully saturated rings. The monoisotopic (exact) mass is 296 g/mol. The van der Waals surface area contributed by atoms with Crippen LogP contribution in [0.4, 0.5) is 5.69 Å². The highest BCUT2D eigenvalue weighted by molar-refractivity contribution is 8.18. The molecule has 3 rings (SSSR count). The summed E-state index contributed by atoms with van der Waals surface area (Å²) in [6.07, 6.45) is 1.77. The predicted octanol–water partition coefficient (Wildman–Crippen LogP) is 3.28. The van der Waals surface area contributed by atoms with Crippen molar-refractivity contribution in [3.63, 3.8) is 0 Å². The van der Waals surface area contributed by atoms with E-state index >= 15 is 0 Å². The van der Waals surface area contributed by atoms with Gasteiger partial charge in [-0.25, -0.2) is 4.99 Å². The van der Waals surface area contributed by atoms with Crippen LogP contribution in [0.3, 0.4) is 0 Å². The molecule has 1 saturated heterocycles. The second kappa shape index (κ2) is 5.85. The number of hydrogen-bond donors (Lipinski definition) is 2. The predicted molar refractivity (Wildman–Crippen MR) is 85.4 cm³/mol. The maximum Gasteiger partial charge on any atom is 0.264 e. The molecule has 5 heteroatoms. The first-order chi connectivity index (χ1) is 10.2. The number of carbonyl (C=O) groups excluding carboxylic acids is 1. The van der Waals surface area contributed by atoms with Gasteiger partial charge < -0.3 is 10.4 Å². The summed E-state index contributed by atoms with van der Waals surface area (Å²) in [5.41, 5.74) is 1.65. The molecule has 0 aliphatic carbocycles. The number of nitrogens with zero attached hydrogens (tertiary/aromatic N) is 1. The Balaban J connectivity index is 1.82. The lowest BCUT2D eigenvalue weighted by molar-refractivity contribution is -0.115. The lowest BCUT2D eigenvalue weighted by atomic mass is 10.2. The summed E-state index contributed by atoms with van der Waals surface area (Å²) < 4.78 is 0. The third kappa shape index (κ3) is 3.32. The van der Waals surface area contributed by atoms with Gasteiger partial charge in [0.15, 0.2) is 5.17 Å². The number of hydrogen-bond acceptors (Lipinski definition) is 4. The Morgan fingerprint density at radius 1 is 1.05 bits per heavy atom. The number of phenols is 1. The summed E-state index contributed by atoms with van der Waals surface area (Å²) in [5.74, 6) is 0.0368. The molecule has 0 aromatic heterocycles. The van der Waals surface area contributed by atoms with E-state index in [1.807, 2.05) is 30.3 Å². The van der Waals surface area contributed by atoms with E-state index in [4.69, 9.17) is 0 Å². The van der Waals surface area contributed by atoms with Crippen molar-refractivity contribution < 1.29 is 9.90 Å². The number of thioether (sulfide) groups is 1. The van der Waals surface area contributed by atoms with E-state index in [2.05, 4.69) is 10.3 Å². The van der Waals surface area contributed by atoms with Gasteiger partial charge in [0, 0.05) is 0 Å². The average Bonchev–Trinajstić information content (AvgIpc) is 2.82. The van der Waals surface area contributed by atoms with Gasteiger partial charge in [0.25, 0.3) is 5.91 Å². The van der Waals surface area contributed by atoms with E-state index in [9.17, 15) is 9.90 Å². The van der Waals surface area contributed by atoms with Crippen molar-refractivity contribution in [2.24, 2.45) is 4.99 Å². The first-order valence-corrected chi connectivity index (χ1v) is 7.16. The third-order valence-electron chi connectivity index (χ3n) is 2.83. The number of nitrogens with one attached hydrogen (secondary N) is 1. The van der Waals surface area contributed by atoms with Gasteiger partial charge in [-0.1, -0.05) is 30.3 Å². The molecule has 0 saturated carbocycles. The van der Waals surface area contributed by atoms with Gasteiger partial charge in [0.05, 0.1) is 10.6 Å². The normalized spacial score (nSPS) is 18.2. The first-order valence-electron chi connectivity index (χ1n) is 6.34. The van der Waals surface area contributed by atoms with E-state index in [1.165, 1.54) is 11.8 Å². The molecular weight excluding hydrogens is 284 g/mol. The molecule has 0 atom stereocenters. The fourth-order valence-corrected chi connectivity index (χ4v) is 2.66. The molecule has 1 aliphatic heterocycles. The van der Waals surface area contributed by atoms with Crippen molar-refractivity contribution in [1.29, 1.82) is 0 Å². The Labute approximate surface area is 126 Å². The molecular formula is C16H12N2O2S. The molecule has 0 radical (unpaired) electrons. The van der Waals surface area contributed by atoms with Gasteiger partial charge in [0.1, 0.15) is 5.75 Å². The Morgan fingerprint density at radius 3 is 2.48 bits per heavy atom. The van der Waals surface area contributed by atoms with Crippen LogP contribution in [0, 0.1) is 0 Å². The number of carbonyl (C=O) groups is 1. The topological polar surface area (TPSA) is 61.7 Å². The van der Waals surface area contributed by atoms with Crippen LogP contribution >= 0.6 is 11.8 Å². The van der Waals surface area contributed by atoms with Crippen LogP contribution < -0.4 is 5.32 Å². The smallest absolute Gasteiger partial charge is 0.264 e. The Bertz CT molecular complexity index is 722. The van der Waals surface area contributed by atoms with Crippen LogP contribution in [0.1, 0.15) is 5.56 Å². The van der Waals surface area contributed by atoms with Crippen molar-refractivity contribution in [2.45, 2.75) is 0 Å². The van der Waals surface area contributed by atoms with Gasteiger partial charge in [-0.2, -0.15) is 0 Å². The van der Waals surface area contributed by atoms with Crippen LogP contribution in [0.15, 0.2) is 64.5 Å². The van der Waals surface area contributed by atoms with Gasteiger partial charge in [0.2, 0.25) is 0 Å². The van der Waals surface area contributed by atoms with E-state index in [0.717, 1.165) is 11.3 Å². The van der Waals surface area contributed by atoms with E-state index in [0.29, 0.717) is 10.1 Å². The Morgan fingerprint density at radius 2 is 1.76 bits per heavy atom. The SMILES string of the molecule is O=C1NC(=Nc2ccccc2)S/C1=C\c1ccc(O)cc1. The molecule has 2 aromatic rings. The molecule has 104 valence electrons. The summed E-state index contributed by atoms with van der Waals surface area (Å²) in [5, 5.41) is 12.6. The summed E-state index contributed by atoms with van der Waals surface area (Å²) in [6, 6.07) is 16.1. The Kier molecular flexibility index (Phi) is 3.75. The summed E-state index contributed by atoms with van der Waals surface area (Å²) >= 11 is 1.30. The minimum Gasteiger partial charge on any atom is -0.508 e. The molecule has 1 aliphatic rings. The number of benzene rings is 2. The molecule has 0 bridgehead atoms. The zero-order chi connectivity index (χ0) is 14.7. The molecule has 1 heterocycles. The van der Waals surface area contributed by atoms with Crippen molar-refractivity contribution in [3.05, 3.63) is 65.1 Å². The van der Waals surface area contributed by atoms with Crippen LogP contribution in [0.2, 0.25) is 0 Å². The number of amides is 1. The third-order valence-corrected chi connectivity index (χ3v) is 3.74. The molecule has 0 spiro atoms. The number of amidine groups is 1. The van der Waals surface area contributed by atoms with Crippen LogP contribution in [-0.2, 0) is 4.79 Å². The largest absolute Gasteiger partial charge is 0.508 e. The quantitative estimate of drug-likeness (QED) is 0.836. The van der Waals surface area contributed by atoms with Crippen molar-refractivity contribution in [2.75, 3.05) is 0 Å². The average molecular weight is 296 g/mol. The number of aromatic hydroxyl groups is 1. The van der Waals surface area contributed by atoms with Crippen LogP contribution in [0.25, 0.3) is 6.08 Å². The molecule has 0 unspecified atom stereocenters. The molecule has 2 N–H and O–H groups in total. The van der Waals surface area contributed by atoms with E-state index in [-0.39, 0.29) is 11.7 Å². The maximum atomic E-state index is 11.9. The number of phenolic OH excluding ortho intramolecular Hbond substituents is 1. The second-order valence-corrected chi connectivity index (χ2v) is 5.44. The maximum absolute atomic E-state index is 11.9. The fraction of sp³-hybridized carbons (Fsp3) is 0. The standard InChI is InChI=1S/C16H12N2O2S/c19-13-8-6-11(7-9-13)10-14-15(20)18-16(21-14)17-12-4-2-1-3-5-12/h1-10,19H,(H,17,18,20)/b14-10-. The summed E-state index contributed by atoms with van der Waals surface area (Å²) in [4.78, 5) is 16.9. The minimum atomic E-state index is -0.164. The van der Waals surface area contributed by atoms with Crippen molar-refractivity contribution in [1.82, 2.24) is 5.32 Å². The summed E-state index contributed by atoms with van der Waals surface area (Å²) in [6.45, 7) is 0. The fourth-order valence-electron chi connectivity index (χ4n) is 1.82. The minimum absolute atomic E-state index is 0.164. The van der Waals surface area contributed by atoms with Gasteiger partial charge in [-0.15, -0.1) is 0 Å². The molecule has 4 nitrogen and oxygen atoms in total. The second-order valence-electron chi connectivity index (χ2n) is 4.41. The van der Waals surface area contributed by atoms with Crippen molar-refractivity contribution in [3.8, 4) is 5.75 Å². The summed E-state index contributed by atoms with van der Waals surface area (Å²) in [7, 11) is 0. The highest BCUT2D eigenvalue weighted by Crippen LogP contribution is 2.28. The highest BCUT2D eigenvalue weighted by Gasteiger charge is 2.23. The van der Waals surface area contributed by atoms with Gasteiger partial charge in [-0.05, 0) is 47.7 Å². The van der Waals surface area contributed by atoms with Gasteiger partial charge in [-0.3, -0.25) is 4.79 Å². The highest BCUT2D eigenvalue weighted by atomic mass is 32.2. The van der Waals surface area contributed by atoms with Crippen LogP contribution in [-0.4, -0.2) is 16.2 Å². The molecule has 21 heavy (non-hydrogen) atoms. The lowest BCUT2D eigenvalue weighted by Gasteiger charge is -1.95. The number of aliphatic imine (C=N–C) groups is 1.